The maximum absolute atomic E-state index is 13.3. The average molecular weight is 340 g/mol. The second kappa shape index (κ2) is 7.66. The molecule has 25 heavy (non-hydrogen) atoms. The van der Waals surface area contributed by atoms with Crippen LogP contribution in [0.3, 0.4) is 0 Å². The summed E-state index contributed by atoms with van der Waals surface area (Å²) in [6, 6.07) is 10.9. The van der Waals surface area contributed by atoms with Crippen LogP contribution in [0.4, 0.5) is 0 Å². The fourth-order valence-corrected chi connectivity index (χ4v) is 3.37. The summed E-state index contributed by atoms with van der Waals surface area (Å²) in [5.41, 5.74) is 1.65. The normalized spacial score (nSPS) is 15.4. The quantitative estimate of drug-likeness (QED) is 0.841. The first-order valence-electron chi connectivity index (χ1n) is 8.58. The zero-order valence-corrected chi connectivity index (χ0v) is 14.5. The second-order valence-corrected chi connectivity index (χ2v) is 6.75. The van der Waals surface area contributed by atoms with Crippen LogP contribution in [0.5, 0.6) is 5.75 Å². The van der Waals surface area contributed by atoms with Gasteiger partial charge in [0.25, 0.3) is 0 Å². The average Bonchev–Trinajstić information content (AvgIpc) is 2.60. The zero-order chi connectivity index (χ0) is 17.7. The number of hydrogen-bond acceptors (Lipinski definition) is 4. The summed E-state index contributed by atoms with van der Waals surface area (Å²) in [6.07, 6.45) is 6.31. The van der Waals surface area contributed by atoms with Crippen LogP contribution in [0.15, 0.2) is 48.8 Å². The van der Waals surface area contributed by atoms with E-state index in [-0.39, 0.29) is 11.7 Å². The highest BCUT2D eigenvalue weighted by atomic mass is 16.5. The number of aromatic nitrogens is 1. The number of phenols is 1. The molecule has 0 unspecified atom stereocenters. The summed E-state index contributed by atoms with van der Waals surface area (Å²) in [4.78, 5) is 19.2. The molecule has 0 aliphatic heterocycles. The van der Waals surface area contributed by atoms with Crippen molar-refractivity contribution in [3.63, 3.8) is 0 Å². The number of carbonyl (C=O) groups is 1. The lowest BCUT2D eigenvalue weighted by Crippen LogP contribution is -2.50. The highest BCUT2D eigenvalue weighted by Gasteiger charge is 2.46. The highest BCUT2D eigenvalue weighted by Crippen LogP contribution is 2.43. The molecule has 1 fully saturated rings. The van der Waals surface area contributed by atoms with Crippen LogP contribution in [-0.4, -0.2) is 34.6 Å². The molecule has 1 N–H and O–H groups in total. The van der Waals surface area contributed by atoms with Gasteiger partial charge in [-0.05, 0) is 48.2 Å². The van der Waals surface area contributed by atoms with Gasteiger partial charge in [0, 0.05) is 32.6 Å². The van der Waals surface area contributed by atoms with Gasteiger partial charge >= 0.3 is 0 Å². The number of amides is 1. The van der Waals surface area contributed by atoms with E-state index in [1.807, 2.05) is 29.2 Å². The van der Waals surface area contributed by atoms with Crippen molar-refractivity contribution in [2.24, 2.45) is 5.41 Å². The summed E-state index contributed by atoms with van der Waals surface area (Å²) in [5, 5.41) is 9.48. The molecule has 1 amide bonds. The number of ether oxygens (including phenoxy) is 1. The third kappa shape index (κ3) is 3.99. The Kier molecular flexibility index (Phi) is 5.34. The Hall–Kier alpha value is -2.40. The minimum atomic E-state index is -0.390. The van der Waals surface area contributed by atoms with Gasteiger partial charge in [0.1, 0.15) is 5.75 Å². The highest BCUT2D eigenvalue weighted by molar-refractivity contribution is 5.83. The number of pyridine rings is 1. The zero-order valence-electron chi connectivity index (χ0n) is 14.5. The molecule has 1 aromatic carbocycles. The van der Waals surface area contributed by atoms with Crippen molar-refractivity contribution in [2.45, 2.75) is 32.4 Å². The van der Waals surface area contributed by atoms with Crippen molar-refractivity contribution in [1.82, 2.24) is 9.88 Å². The van der Waals surface area contributed by atoms with Crippen molar-refractivity contribution in [3.05, 3.63) is 59.9 Å². The van der Waals surface area contributed by atoms with Crippen LogP contribution in [-0.2, 0) is 22.6 Å². The minimum Gasteiger partial charge on any atom is -0.508 e. The van der Waals surface area contributed by atoms with E-state index >= 15 is 0 Å². The first-order valence-corrected chi connectivity index (χ1v) is 8.58. The van der Waals surface area contributed by atoms with Crippen molar-refractivity contribution in [1.29, 1.82) is 0 Å². The monoisotopic (exact) mass is 340 g/mol. The molecule has 3 rings (SSSR count). The van der Waals surface area contributed by atoms with Gasteiger partial charge in [0.15, 0.2) is 0 Å². The summed E-state index contributed by atoms with van der Waals surface area (Å²) < 4.78 is 5.35. The van der Waals surface area contributed by atoms with Crippen LogP contribution in [0.1, 0.15) is 30.4 Å². The number of carbonyl (C=O) groups excluding carboxylic acids is 1. The molecule has 1 saturated carbocycles. The third-order valence-electron chi connectivity index (χ3n) is 4.90. The van der Waals surface area contributed by atoms with Gasteiger partial charge in [-0.25, -0.2) is 0 Å². The van der Waals surface area contributed by atoms with Crippen LogP contribution < -0.4 is 0 Å². The third-order valence-corrected chi connectivity index (χ3v) is 4.90. The van der Waals surface area contributed by atoms with E-state index in [0.717, 1.165) is 30.4 Å². The van der Waals surface area contributed by atoms with E-state index in [1.165, 1.54) is 0 Å². The van der Waals surface area contributed by atoms with Gasteiger partial charge in [0.2, 0.25) is 5.91 Å². The molecule has 132 valence electrons. The Bertz CT molecular complexity index is 697. The van der Waals surface area contributed by atoms with Crippen molar-refractivity contribution < 1.29 is 14.6 Å². The summed E-state index contributed by atoms with van der Waals surface area (Å²) in [7, 11) is 1.65. The molecule has 1 heterocycles. The Morgan fingerprint density at radius 1 is 1.12 bits per heavy atom. The molecular weight excluding hydrogens is 316 g/mol. The molecule has 1 aliphatic rings. The summed E-state index contributed by atoms with van der Waals surface area (Å²) >= 11 is 0. The van der Waals surface area contributed by atoms with E-state index in [0.29, 0.717) is 19.7 Å². The van der Waals surface area contributed by atoms with E-state index in [9.17, 15) is 9.90 Å². The number of benzene rings is 1. The van der Waals surface area contributed by atoms with Crippen molar-refractivity contribution in [2.75, 3.05) is 13.7 Å². The summed E-state index contributed by atoms with van der Waals surface area (Å²) in [5.74, 6) is 0.371. The van der Waals surface area contributed by atoms with Crippen LogP contribution in [0.2, 0.25) is 0 Å². The molecule has 5 nitrogen and oxygen atoms in total. The van der Waals surface area contributed by atoms with Gasteiger partial charge in [-0.15, -0.1) is 0 Å². The summed E-state index contributed by atoms with van der Waals surface area (Å²) in [6.45, 7) is 1.51. The number of aromatic hydroxyl groups is 1. The molecule has 0 radical (unpaired) electrons. The second-order valence-electron chi connectivity index (χ2n) is 6.75. The van der Waals surface area contributed by atoms with Crippen LogP contribution in [0.25, 0.3) is 0 Å². The molecule has 5 heteroatoms. The first kappa shape index (κ1) is 17.4. The SMILES string of the molecule is COCC1(C(=O)N(Cc2ccncc2)Cc2ccc(O)cc2)CCC1. The van der Waals surface area contributed by atoms with Gasteiger partial charge in [-0.1, -0.05) is 18.6 Å². The number of rotatable bonds is 7. The van der Waals surface area contributed by atoms with Crippen LogP contribution >= 0.6 is 0 Å². The predicted molar refractivity (Wildman–Crippen MR) is 94.8 cm³/mol. The Balaban J connectivity index is 1.82. The van der Waals surface area contributed by atoms with E-state index in [4.69, 9.17) is 4.74 Å². The molecule has 0 atom stereocenters. The molecule has 1 aromatic heterocycles. The lowest BCUT2D eigenvalue weighted by Gasteiger charge is -2.43. The number of phenolic OH excluding ortho intramolecular Hbond substituents is 1. The largest absolute Gasteiger partial charge is 0.508 e. The molecule has 1 aliphatic carbocycles. The predicted octanol–water partition coefficient (Wildman–Crippen LogP) is 3.13. The number of hydrogen-bond donors (Lipinski definition) is 1. The Labute approximate surface area is 148 Å². The Morgan fingerprint density at radius 2 is 1.72 bits per heavy atom. The number of methoxy groups -OCH3 is 1. The fraction of sp³-hybridized carbons (Fsp3) is 0.400. The maximum atomic E-state index is 13.3. The smallest absolute Gasteiger partial charge is 0.231 e. The fourth-order valence-electron chi connectivity index (χ4n) is 3.37. The molecular formula is C20H24N2O3. The Morgan fingerprint density at radius 3 is 2.24 bits per heavy atom. The van der Waals surface area contributed by atoms with Crippen molar-refractivity contribution in [3.8, 4) is 5.75 Å². The molecule has 0 saturated heterocycles. The maximum Gasteiger partial charge on any atom is 0.231 e. The lowest BCUT2D eigenvalue weighted by molar-refractivity contribution is -0.153. The molecule has 2 aromatic rings. The molecule has 0 spiro atoms. The topological polar surface area (TPSA) is 62.7 Å². The standard InChI is InChI=1S/C20H24N2O3/c1-25-15-20(9-2-10-20)19(24)22(14-17-7-11-21-12-8-17)13-16-3-5-18(23)6-4-16/h3-8,11-12,23H,2,9-10,13-15H2,1H3. The lowest BCUT2D eigenvalue weighted by atomic mass is 9.68. The van der Waals surface area contributed by atoms with E-state index in [2.05, 4.69) is 4.98 Å². The van der Waals surface area contributed by atoms with Crippen LogP contribution in [0, 0.1) is 5.41 Å². The van der Waals surface area contributed by atoms with E-state index < -0.39 is 5.41 Å². The van der Waals surface area contributed by atoms with E-state index in [1.54, 1.807) is 31.6 Å². The van der Waals surface area contributed by atoms with Gasteiger partial charge in [0.05, 0.1) is 12.0 Å². The molecule has 0 bridgehead atoms. The van der Waals surface area contributed by atoms with Gasteiger partial charge < -0.3 is 14.7 Å². The first-order chi connectivity index (χ1) is 12.1. The van der Waals surface area contributed by atoms with Gasteiger partial charge in [-0.3, -0.25) is 9.78 Å². The minimum absolute atomic E-state index is 0.144. The van der Waals surface area contributed by atoms with Crippen molar-refractivity contribution >= 4 is 5.91 Å². The van der Waals surface area contributed by atoms with Gasteiger partial charge in [-0.2, -0.15) is 0 Å². The number of nitrogens with zero attached hydrogens (tertiary/aromatic N) is 2.